The van der Waals surface area contributed by atoms with E-state index in [-0.39, 0.29) is 19.1 Å². The Bertz CT molecular complexity index is 273. The zero-order valence-electron chi connectivity index (χ0n) is 7.67. The van der Waals surface area contributed by atoms with Crippen molar-refractivity contribution in [1.82, 2.24) is 5.32 Å². The van der Waals surface area contributed by atoms with E-state index < -0.39 is 30.1 Å². The van der Waals surface area contributed by atoms with Crippen LogP contribution < -0.4 is 5.32 Å². The van der Waals surface area contributed by atoms with Crippen LogP contribution in [0.15, 0.2) is 0 Å². The van der Waals surface area contributed by atoms with Crippen LogP contribution in [0.3, 0.4) is 0 Å². The van der Waals surface area contributed by atoms with Crippen LogP contribution in [0.5, 0.6) is 0 Å². The minimum atomic E-state index is -4.37. The largest absolute Gasteiger partial charge is 0.465 e. The fraction of sp³-hybridized carbons (Fsp3) is 0.750. The summed E-state index contributed by atoms with van der Waals surface area (Å²) >= 11 is 0. The molecule has 86 valence electrons. The average Bonchev–Trinajstić information content (AvgIpc) is 2.82. The van der Waals surface area contributed by atoms with Gasteiger partial charge in [-0.25, -0.2) is 4.79 Å². The first kappa shape index (κ1) is 11.8. The Balaban J connectivity index is 2.59. The molecule has 0 aromatic heterocycles. The van der Waals surface area contributed by atoms with Crippen molar-refractivity contribution in [3.8, 4) is 0 Å². The highest BCUT2D eigenvalue weighted by molar-refractivity contribution is 5.71. The van der Waals surface area contributed by atoms with E-state index in [2.05, 4.69) is 0 Å². The number of hydrogen-bond donors (Lipinski definition) is 2. The Morgan fingerprint density at radius 2 is 2.07 bits per heavy atom. The molecule has 4 nitrogen and oxygen atoms in total. The van der Waals surface area contributed by atoms with Crippen LogP contribution in [0.25, 0.3) is 0 Å². The lowest BCUT2D eigenvalue weighted by atomic mass is 9.97. The number of halogens is 3. The summed E-state index contributed by atoms with van der Waals surface area (Å²) in [7, 11) is 0. The van der Waals surface area contributed by atoms with Crippen molar-refractivity contribution in [2.75, 3.05) is 0 Å². The lowest BCUT2D eigenvalue weighted by molar-refractivity contribution is -0.190. The highest BCUT2D eigenvalue weighted by atomic mass is 19.4. The predicted octanol–water partition coefficient (Wildman–Crippen LogP) is 1.55. The molecule has 1 aliphatic carbocycles. The van der Waals surface area contributed by atoms with E-state index in [9.17, 15) is 22.8 Å². The summed E-state index contributed by atoms with van der Waals surface area (Å²) in [5, 5.41) is 10.0. The molecule has 0 heterocycles. The monoisotopic (exact) mass is 225 g/mol. The first-order chi connectivity index (χ1) is 6.81. The van der Waals surface area contributed by atoms with Gasteiger partial charge in [0.2, 0.25) is 0 Å². The second kappa shape index (κ2) is 3.71. The number of aldehydes is 1. The van der Waals surface area contributed by atoms with Gasteiger partial charge >= 0.3 is 12.3 Å². The molecule has 1 amide bonds. The van der Waals surface area contributed by atoms with Crippen LogP contribution in [0.2, 0.25) is 0 Å². The van der Waals surface area contributed by atoms with E-state index >= 15 is 0 Å². The number of rotatable bonds is 4. The van der Waals surface area contributed by atoms with E-state index in [0.717, 1.165) is 0 Å². The summed E-state index contributed by atoms with van der Waals surface area (Å²) < 4.78 is 37.3. The summed E-state index contributed by atoms with van der Waals surface area (Å²) in [6, 6.07) is -1.29. The molecule has 1 aliphatic rings. The molecule has 0 saturated heterocycles. The molecule has 0 spiro atoms. The fourth-order valence-electron chi connectivity index (χ4n) is 1.47. The minimum Gasteiger partial charge on any atom is -0.465 e. The van der Waals surface area contributed by atoms with Gasteiger partial charge in [-0.3, -0.25) is 0 Å². The third kappa shape index (κ3) is 2.60. The molecule has 1 unspecified atom stereocenters. The molecule has 1 fully saturated rings. The Morgan fingerprint density at radius 1 is 1.53 bits per heavy atom. The number of amides is 1. The van der Waals surface area contributed by atoms with Crippen molar-refractivity contribution >= 4 is 12.4 Å². The van der Waals surface area contributed by atoms with Gasteiger partial charge < -0.3 is 15.2 Å². The van der Waals surface area contributed by atoms with Crippen LogP contribution in [0.1, 0.15) is 19.3 Å². The summed E-state index contributed by atoms with van der Waals surface area (Å²) in [5.41, 5.74) is -1.86. The lowest BCUT2D eigenvalue weighted by Gasteiger charge is -2.21. The van der Waals surface area contributed by atoms with Crippen molar-refractivity contribution in [2.45, 2.75) is 31.5 Å². The highest BCUT2D eigenvalue weighted by Gasteiger charge is 2.63. The molecule has 1 atom stereocenters. The average molecular weight is 225 g/mol. The second-order valence-corrected chi connectivity index (χ2v) is 3.67. The van der Waals surface area contributed by atoms with Gasteiger partial charge in [0.25, 0.3) is 0 Å². The van der Waals surface area contributed by atoms with Gasteiger partial charge in [-0.2, -0.15) is 13.2 Å². The summed E-state index contributed by atoms with van der Waals surface area (Å²) in [5.74, 6) is 0. The Morgan fingerprint density at radius 3 is 2.33 bits per heavy atom. The number of hydrogen-bond acceptors (Lipinski definition) is 2. The van der Waals surface area contributed by atoms with Crippen molar-refractivity contribution in [1.29, 1.82) is 0 Å². The first-order valence-corrected chi connectivity index (χ1v) is 4.32. The Kier molecular flexibility index (Phi) is 2.92. The summed E-state index contributed by atoms with van der Waals surface area (Å²) in [4.78, 5) is 20.6. The number of alkyl halides is 3. The normalized spacial score (nSPS) is 20.5. The molecule has 1 rings (SSSR count). The quantitative estimate of drug-likeness (QED) is 0.713. The van der Waals surface area contributed by atoms with Crippen molar-refractivity contribution in [3.05, 3.63) is 0 Å². The molecule has 0 bridgehead atoms. The van der Waals surface area contributed by atoms with Crippen LogP contribution in [0.4, 0.5) is 18.0 Å². The first-order valence-electron chi connectivity index (χ1n) is 4.32. The SMILES string of the molecule is O=CC(CC1(C(F)(F)F)CC1)NC(=O)O. The van der Waals surface area contributed by atoms with E-state index in [1.807, 2.05) is 0 Å². The van der Waals surface area contributed by atoms with Gasteiger partial charge in [-0.05, 0) is 19.3 Å². The summed E-state index contributed by atoms with van der Waals surface area (Å²) in [6.45, 7) is 0. The highest BCUT2D eigenvalue weighted by Crippen LogP contribution is 2.60. The molecule has 2 N–H and O–H groups in total. The Labute approximate surface area is 83.5 Å². The number of carbonyl (C=O) groups is 2. The number of nitrogens with one attached hydrogen (secondary N) is 1. The minimum absolute atomic E-state index is 0.0395. The molecular weight excluding hydrogens is 215 g/mol. The zero-order chi connectivity index (χ0) is 11.7. The van der Waals surface area contributed by atoms with Crippen LogP contribution in [-0.4, -0.2) is 29.7 Å². The Hall–Kier alpha value is -1.27. The molecule has 7 heteroatoms. The van der Waals surface area contributed by atoms with Gasteiger partial charge in [0, 0.05) is 0 Å². The molecule has 15 heavy (non-hydrogen) atoms. The predicted molar refractivity (Wildman–Crippen MR) is 43.4 cm³/mol. The molecule has 0 radical (unpaired) electrons. The van der Waals surface area contributed by atoms with Gasteiger partial charge in [0.05, 0.1) is 11.5 Å². The van der Waals surface area contributed by atoms with E-state index in [0.29, 0.717) is 0 Å². The summed E-state index contributed by atoms with van der Waals surface area (Å²) in [6.07, 6.45) is -6.25. The standard InChI is InChI=1S/C8H10F3NO3/c9-8(10,11)7(1-2-7)3-5(4-13)12-6(14)15/h4-5,12H,1-3H2,(H,14,15). The molecular formula is C8H10F3NO3. The van der Waals surface area contributed by atoms with Crippen molar-refractivity contribution < 1.29 is 27.9 Å². The number of carboxylic acid groups (broad SMARTS) is 1. The third-order valence-electron chi connectivity index (χ3n) is 2.54. The van der Waals surface area contributed by atoms with Gasteiger partial charge in [0.15, 0.2) is 0 Å². The van der Waals surface area contributed by atoms with E-state index in [4.69, 9.17) is 5.11 Å². The van der Waals surface area contributed by atoms with Crippen LogP contribution in [0, 0.1) is 5.41 Å². The fourth-order valence-corrected chi connectivity index (χ4v) is 1.47. The number of carbonyl (C=O) groups excluding carboxylic acids is 1. The van der Waals surface area contributed by atoms with Crippen LogP contribution >= 0.6 is 0 Å². The van der Waals surface area contributed by atoms with Crippen molar-refractivity contribution in [2.24, 2.45) is 5.41 Å². The zero-order valence-corrected chi connectivity index (χ0v) is 7.67. The maximum atomic E-state index is 12.4. The second-order valence-electron chi connectivity index (χ2n) is 3.67. The van der Waals surface area contributed by atoms with E-state index in [1.165, 1.54) is 0 Å². The molecule has 0 aliphatic heterocycles. The van der Waals surface area contributed by atoms with Gasteiger partial charge in [-0.1, -0.05) is 0 Å². The molecule has 1 saturated carbocycles. The topological polar surface area (TPSA) is 66.4 Å². The van der Waals surface area contributed by atoms with E-state index in [1.54, 1.807) is 5.32 Å². The maximum Gasteiger partial charge on any atom is 0.405 e. The smallest absolute Gasteiger partial charge is 0.405 e. The molecule has 0 aromatic carbocycles. The maximum absolute atomic E-state index is 12.4. The van der Waals surface area contributed by atoms with Gasteiger partial charge in [0.1, 0.15) is 6.29 Å². The lowest BCUT2D eigenvalue weighted by Crippen LogP contribution is -2.40. The van der Waals surface area contributed by atoms with Gasteiger partial charge in [-0.15, -0.1) is 0 Å². The van der Waals surface area contributed by atoms with Crippen LogP contribution in [-0.2, 0) is 4.79 Å². The third-order valence-corrected chi connectivity index (χ3v) is 2.54. The molecule has 0 aromatic rings. The van der Waals surface area contributed by atoms with Crippen molar-refractivity contribution in [3.63, 3.8) is 0 Å².